The first kappa shape index (κ1) is 16.3. The summed E-state index contributed by atoms with van der Waals surface area (Å²) < 4.78 is 0. The zero-order chi connectivity index (χ0) is 16.9. The number of carbonyl (C=O) groups excluding carboxylic acids is 1. The van der Waals surface area contributed by atoms with Crippen LogP contribution in [0.2, 0.25) is 0 Å². The Morgan fingerprint density at radius 3 is 2.62 bits per heavy atom. The summed E-state index contributed by atoms with van der Waals surface area (Å²) >= 11 is 0. The predicted octanol–water partition coefficient (Wildman–Crippen LogP) is 3.15. The highest BCUT2D eigenvalue weighted by Gasteiger charge is 2.24. The quantitative estimate of drug-likeness (QED) is 0.884. The zero-order valence-corrected chi connectivity index (χ0v) is 13.7. The summed E-state index contributed by atoms with van der Waals surface area (Å²) in [6.45, 7) is 2.12. The summed E-state index contributed by atoms with van der Waals surface area (Å²) in [6.07, 6.45) is 7.38. The molecule has 0 atom stereocenters. The van der Waals surface area contributed by atoms with Gasteiger partial charge < -0.3 is 10.6 Å². The summed E-state index contributed by atoms with van der Waals surface area (Å²) in [6, 6.07) is 15.8. The maximum Gasteiger partial charge on any atom is 0.253 e. The molecule has 2 N–H and O–H groups in total. The maximum absolute atomic E-state index is 12.7. The number of nitrogens with two attached hydrogens (primary N) is 1. The number of piperidine rings is 1. The summed E-state index contributed by atoms with van der Waals surface area (Å²) in [4.78, 5) is 14.6. The van der Waals surface area contributed by atoms with E-state index in [9.17, 15) is 4.79 Å². The van der Waals surface area contributed by atoms with Crippen LogP contribution in [0.25, 0.3) is 0 Å². The number of terminal acetylenes is 1. The first-order valence-corrected chi connectivity index (χ1v) is 8.36. The minimum Gasteiger partial charge on any atom is -0.339 e. The van der Waals surface area contributed by atoms with Gasteiger partial charge in [-0.1, -0.05) is 36.3 Å². The average Bonchev–Trinajstić information content (AvgIpc) is 2.67. The molecule has 2 aromatic carbocycles. The summed E-state index contributed by atoms with van der Waals surface area (Å²) in [5, 5.41) is 0. The first-order chi connectivity index (χ1) is 11.7. The molecule has 3 rings (SSSR count). The Morgan fingerprint density at radius 1 is 1.17 bits per heavy atom. The number of benzene rings is 2. The van der Waals surface area contributed by atoms with Gasteiger partial charge in [0.05, 0.1) is 0 Å². The number of rotatable bonds is 3. The molecule has 0 aliphatic carbocycles. The minimum absolute atomic E-state index is 0.0706. The Hall–Kier alpha value is -2.57. The number of hydrogen-bond donors (Lipinski definition) is 1. The summed E-state index contributed by atoms with van der Waals surface area (Å²) in [7, 11) is 0. The topological polar surface area (TPSA) is 46.3 Å². The van der Waals surface area contributed by atoms with E-state index in [0.717, 1.165) is 37.1 Å². The average molecular weight is 318 g/mol. The van der Waals surface area contributed by atoms with Crippen molar-refractivity contribution in [3.63, 3.8) is 0 Å². The second-order valence-electron chi connectivity index (χ2n) is 6.24. The van der Waals surface area contributed by atoms with Crippen LogP contribution in [-0.4, -0.2) is 23.9 Å². The van der Waals surface area contributed by atoms with Gasteiger partial charge in [-0.3, -0.25) is 4.79 Å². The standard InChI is InChI=1S/C21H22N2O/c1-2-16-5-3-8-20(13-16)21(24)23-11-9-18(10-12-23)19-7-4-6-17(14-19)15-22/h1,3-8,13-14,18H,9-12,15,22H2. The largest absolute Gasteiger partial charge is 0.339 e. The molecule has 0 aromatic heterocycles. The molecule has 0 bridgehead atoms. The van der Waals surface area contributed by atoms with Crippen LogP contribution in [0.3, 0.4) is 0 Å². The van der Waals surface area contributed by atoms with Crippen LogP contribution in [0.15, 0.2) is 48.5 Å². The van der Waals surface area contributed by atoms with Crippen LogP contribution in [0, 0.1) is 12.3 Å². The molecule has 3 heteroatoms. The van der Waals surface area contributed by atoms with Crippen molar-refractivity contribution in [3.05, 3.63) is 70.8 Å². The lowest BCUT2D eigenvalue weighted by Crippen LogP contribution is -2.37. The van der Waals surface area contributed by atoms with Crippen LogP contribution in [0.5, 0.6) is 0 Å². The van der Waals surface area contributed by atoms with Gasteiger partial charge in [0, 0.05) is 30.8 Å². The fourth-order valence-corrected chi connectivity index (χ4v) is 3.31. The molecule has 1 fully saturated rings. The monoisotopic (exact) mass is 318 g/mol. The van der Waals surface area contributed by atoms with Gasteiger partial charge in [-0.05, 0) is 48.1 Å². The van der Waals surface area contributed by atoms with E-state index in [-0.39, 0.29) is 5.91 Å². The molecule has 0 radical (unpaired) electrons. The van der Waals surface area contributed by atoms with Crippen molar-refractivity contribution >= 4 is 5.91 Å². The van der Waals surface area contributed by atoms with Crippen molar-refractivity contribution in [2.75, 3.05) is 13.1 Å². The van der Waals surface area contributed by atoms with Crippen molar-refractivity contribution in [3.8, 4) is 12.3 Å². The SMILES string of the molecule is C#Cc1cccc(C(=O)N2CCC(c3cccc(CN)c3)CC2)c1. The lowest BCUT2D eigenvalue weighted by Gasteiger charge is -2.32. The van der Waals surface area contributed by atoms with E-state index in [2.05, 4.69) is 30.2 Å². The van der Waals surface area contributed by atoms with E-state index in [1.54, 1.807) is 6.07 Å². The molecule has 0 saturated carbocycles. The van der Waals surface area contributed by atoms with Crippen LogP contribution in [0.4, 0.5) is 0 Å². The fourth-order valence-electron chi connectivity index (χ4n) is 3.31. The molecular weight excluding hydrogens is 296 g/mol. The highest BCUT2D eigenvalue weighted by atomic mass is 16.2. The highest BCUT2D eigenvalue weighted by molar-refractivity contribution is 5.94. The maximum atomic E-state index is 12.7. The number of carbonyl (C=O) groups is 1. The van der Waals surface area contributed by atoms with Gasteiger partial charge in [-0.25, -0.2) is 0 Å². The highest BCUT2D eigenvalue weighted by Crippen LogP contribution is 2.29. The van der Waals surface area contributed by atoms with E-state index in [1.807, 2.05) is 23.1 Å². The Balaban J connectivity index is 1.66. The molecule has 1 aliphatic heterocycles. The van der Waals surface area contributed by atoms with Crippen molar-refractivity contribution < 1.29 is 4.79 Å². The molecule has 3 nitrogen and oxygen atoms in total. The van der Waals surface area contributed by atoms with Crippen LogP contribution >= 0.6 is 0 Å². The fraction of sp³-hybridized carbons (Fsp3) is 0.286. The Labute approximate surface area is 143 Å². The Kier molecular flexibility index (Phi) is 4.98. The number of likely N-dealkylation sites (tertiary alicyclic amines) is 1. The third-order valence-electron chi connectivity index (χ3n) is 4.72. The van der Waals surface area contributed by atoms with Gasteiger partial charge in [-0.15, -0.1) is 6.42 Å². The lowest BCUT2D eigenvalue weighted by atomic mass is 9.88. The summed E-state index contributed by atoms with van der Waals surface area (Å²) in [5.74, 6) is 3.15. The molecule has 1 saturated heterocycles. The number of amides is 1. The number of hydrogen-bond acceptors (Lipinski definition) is 2. The van der Waals surface area contributed by atoms with E-state index in [1.165, 1.54) is 5.56 Å². The Morgan fingerprint density at radius 2 is 1.92 bits per heavy atom. The second-order valence-corrected chi connectivity index (χ2v) is 6.24. The van der Waals surface area contributed by atoms with Crippen molar-refractivity contribution in [1.29, 1.82) is 0 Å². The Bertz CT molecular complexity index is 767. The van der Waals surface area contributed by atoms with Gasteiger partial charge >= 0.3 is 0 Å². The third kappa shape index (κ3) is 3.50. The van der Waals surface area contributed by atoms with Gasteiger partial charge in [0.25, 0.3) is 5.91 Å². The molecule has 2 aromatic rings. The van der Waals surface area contributed by atoms with E-state index < -0.39 is 0 Å². The van der Waals surface area contributed by atoms with Crippen LogP contribution in [-0.2, 0) is 6.54 Å². The second kappa shape index (κ2) is 7.33. The zero-order valence-electron chi connectivity index (χ0n) is 13.7. The van der Waals surface area contributed by atoms with Crippen molar-refractivity contribution in [2.24, 2.45) is 5.73 Å². The molecule has 122 valence electrons. The molecule has 1 amide bonds. The third-order valence-corrected chi connectivity index (χ3v) is 4.72. The lowest BCUT2D eigenvalue weighted by molar-refractivity contribution is 0.0713. The minimum atomic E-state index is 0.0706. The van der Waals surface area contributed by atoms with Crippen LogP contribution < -0.4 is 5.73 Å². The van der Waals surface area contributed by atoms with Crippen LogP contribution in [0.1, 0.15) is 45.8 Å². The molecule has 1 aliphatic rings. The molecule has 0 unspecified atom stereocenters. The summed E-state index contributed by atoms with van der Waals surface area (Å²) in [5.41, 5.74) is 9.65. The van der Waals surface area contributed by atoms with E-state index >= 15 is 0 Å². The van der Waals surface area contributed by atoms with Gasteiger partial charge in [0.15, 0.2) is 0 Å². The van der Waals surface area contributed by atoms with Crippen molar-refractivity contribution in [2.45, 2.75) is 25.3 Å². The molecular formula is C21H22N2O. The number of nitrogens with zero attached hydrogens (tertiary/aromatic N) is 1. The van der Waals surface area contributed by atoms with Gasteiger partial charge in [0.1, 0.15) is 0 Å². The normalized spacial score (nSPS) is 15.1. The van der Waals surface area contributed by atoms with Crippen molar-refractivity contribution in [1.82, 2.24) is 4.90 Å². The predicted molar refractivity (Wildman–Crippen MR) is 96.6 cm³/mol. The van der Waals surface area contributed by atoms with E-state index in [4.69, 9.17) is 12.2 Å². The van der Waals surface area contributed by atoms with Gasteiger partial charge in [0.2, 0.25) is 0 Å². The first-order valence-electron chi connectivity index (χ1n) is 8.36. The molecule has 1 heterocycles. The molecule has 0 spiro atoms. The van der Waals surface area contributed by atoms with E-state index in [0.29, 0.717) is 18.0 Å². The smallest absolute Gasteiger partial charge is 0.253 e. The molecule has 24 heavy (non-hydrogen) atoms. The van der Waals surface area contributed by atoms with Gasteiger partial charge in [-0.2, -0.15) is 0 Å².